The number of halogens is 1. The number of carbonyl (C=O) groups is 2. The number of rotatable bonds is 6. The van der Waals surface area contributed by atoms with Gasteiger partial charge in [-0.25, -0.2) is 0 Å². The Morgan fingerprint density at radius 2 is 1.81 bits per heavy atom. The van der Waals surface area contributed by atoms with Gasteiger partial charge in [-0.1, -0.05) is 59.2 Å². The zero-order valence-electron chi connectivity index (χ0n) is 13.7. The fourth-order valence-corrected chi connectivity index (χ4v) is 2.65. The Kier molecular flexibility index (Phi) is 5.34. The summed E-state index contributed by atoms with van der Waals surface area (Å²) in [6.45, 7) is 0. The predicted molar refractivity (Wildman–Crippen MR) is 97.5 cm³/mol. The van der Waals surface area contributed by atoms with Crippen LogP contribution in [0.3, 0.4) is 0 Å². The van der Waals surface area contributed by atoms with Gasteiger partial charge < -0.3 is 15.6 Å². The van der Waals surface area contributed by atoms with Gasteiger partial charge in [0, 0.05) is 17.0 Å². The quantitative estimate of drug-likeness (QED) is 0.698. The Morgan fingerprint density at radius 3 is 2.46 bits per heavy atom. The van der Waals surface area contributed by atoms with Gasteiger partial charge in [0.1, 0.15) is 23.6 Å². The van der Waals surface area contributed by atoms with Gasteiger partial charge in [-0.3, -0.25) is 9.59 Å². The topological polar surface area (TPSA) is 98.2 Å². The van der Waals surface area contributed by atoms with Crippen LogP contribution in [0, 0.1) is 0 Å². The number of nitrogens with two attached hydrogens (primary N) is 1. The lowest BCUT2D eigenvalue weighted by Crippen LogP contribution is -2.45. The van der Waals surface area contributed by atoms with Crippen LogP contribution in [0.1, 0.15) is 15.9 Å². The zero-order valence-corrected chi connectivity index (χ0v) is 14.4. The molecule has 3 aromatic rings. The molecule has 26 heavy (non-hydrogen) atoms. The van der Waals surface area contributed by atoms with E-state index in [1.807, 2.05) is 30.3 Å². The molecule has 0 saturated heterocycles. The minimum absolute atomic E-state index is 0.214. The van der Waals surface area contributed by atoms with Crippen molar-refractivity contribution in [2.75, 3.05) is 0 Å². The summed E-state index contributed by atoms with van der Waals surface area (Å²) < 4.78 is 4.95. The molecule has 7 heteroatoms. The third kappa shape index (κ3) is 4.10. The Hall–Kier alpha value is -3.12. The van der Waals surface area contributed by atoms with E-state index >= 15 is 0 Å². The molecule has 0 spiro atoms. The van der Waals surface area contributed by atoms with Crippen LogP contribution in [0.15, 0.2) is 65.4 Å². The maximum atomic E-state index is 12.6. The van der Waals surface area contributed by atoms with Gasteiger partial charge in [0.15, 0.2) is 0 Å². The second kappa shape index (κ2) is 7.84. The van der Waals surface area contributed by atoms with Crippen LogP contribution in [0.25, 0.3) is 11.3 Å². The fourth-order valence-electron chi connectivity index (χ4n) is 2.52. The zero-order chi connectivity index (χ0) is 18.5. The van der Waals surface area contributed by atoms with Gasteiger partial charge >= 0.3 is 0 Å². The molecule has 1 aromatic heterocycles. The number of primary amides is 1. The average Bonchev–Trinajstić information content (AvgIpc) is 3.12. The van der Waals surface area contributed by atoms with Gasteiger partial charge in [-0.05, 0) is 17.7 Å². The largest absolute Gasteiger partial charge is 0.368 e. The molecule has 0 aliphatic heterocycles. The molecule has 0 aliphatic carbocycles. The van der Waals surface area contributed by atoms with Crippen molar-refractivity contribution in [3.05, 3.63) is 77.0 Å². The first-order valence-corrected chi connectivity index (χ1v) is 8.27. The van der Waals surface area contributed by atoms with Crippen LogP contribution < -0.4 is 11.1 Å². The lowest BCUT2D eigenvalue weighted by Gasteiger charge is -2.15. The average molecular weight is 370 g/mol. The fraction of sp³-hybridized carbons (Fsp3) is 0.105. The molecule has 0 unspecified atom stereocenters. The van der Waals surface area contributed by atoms with Crippen LogP contribution in [0.2, 0.25) is 5.02 Å². The monoisotopic (exact) mass is 369 g/mol. The smallest absolute Gasteiger partial charge is 0.257 e. The summed E-state index contributed by atoms with van der Waals surface area (Å²) in [5.41, 5.74) is 7.58. The lowest BCUT2D eigenvalue weighted by atomic mass is 10.0. The van der Waals surface area contributed by atoms with E-state index in [9.17, 15) is 9.59 Å². The van der Waals surface area contributed by atoms with E-state index in [1.54, 1.807) is 24.3 Å². The second-order valence-corrected chi connectivity index (χ2v) is 6.14. The Morgan fingerprint density at radius 1 is 1.12 bits per heavy atom. The summed E-state index contributed by atoms with van der Waals surface area (Å²) in [7, 11) is 0. The first kappa shape index (κ1) is 17.7. The predicted octanol–water partition coefficient (Wildman–Crippen LogP) is 2.82. The van der Waals surface area contributed by atoms with Gasteiger partial charge in [0.05, 0.1) is 0 Å². The third-order valence-corrected chi connectivity index (χ3v) is 4.12. The van der Waals surface area contributed by atoms with E-state index in [-0.39, 0.29) is 5.56 Å². The molecule has 0 fully saturated rings. The third-order valence-electron chi connectivity index (χ3n) is 3.86. The van der Waals surface area contributed by atoms with E-state index in [0.717, 1.165) is 5.56 Å². The normalized spacial score (nSPS) is 11.7. The molecule has 0 bridgehead atoms. The minimum atomic E-state index is -0.849. The highest BCUT2D eigenvalue weighted by molar-refractivity contribution is 6.30. The van der Waals surface area contributed by atoms with E-state index < -0.39 is 17.9 Å². The van der Waals surface area contributed by atoms with Gasteiger partial charge in [0.25, 0.3) is 5.91 Å². The van der Waals surface area contributed by atoms with Crippen molar-refractivity contribution < 1.29 is 14.1 Å². The van der Waals surface area contributed by atoms with Gasteiger partial charge in [-0.15, -0.1) is 0 Å². The Bertz CT molecular complexity index is 907. The summed E-state index contributed by atoms with van der Waals surface area (Å²) in [6, 6.07) is 15.3. The lowest BCUT2D eigenvalue weighted by molar-refractivity contribution is -0.119. The number of aromatic nitrogens is 1. The molecule has 3 rings (SSSR count). The van der Waals surface area contributed by atoms with Gasteiger partial charge in [0.2, 0.25) is 5.91 Å². The second-order valence-electron chi connectivity index (χ2n) is 5.70. The maximum absolute atomic E-state index is 12.6. The number of hydrogen-bond acceptors (Lipinski definition) is 4. The van der Waals surface area contributed by atoms with Crippen molar-refractivity contribution in [3.8, 4) is 11.3 Å². The van der Waals surface area contributed by atoms with Crippen LogP contribution in [-0.2, 0) is 11.2 Å². The van der Waals surface area contributed by atoms with Crippen molar-refractivity contribution in [1.82, 2.24) is 10.5 Å². The number of hydrogen-bond donors (Lipinski definition) is 2. The molecule has 132 valence electrons. The minimum Gasteiger partial charge on any atom is -0.368 e. The highest BCUT2D eigenvalue weighted by atomic mass is 35.5. The molecule has 0 radical (unpaired) electrons. The summed E-state index contributed by atoms with van der Waals surface area (Å²) in [4.78, 5) is 24.4. The summed E-state index contributed by atoms with van der Waals surface area (Å²) in [5, 5.41) is 7.10. The Labute approximate surface area is 154 Å². The number of carbonyl (C=O) groups excluding carboxylic acids is 2. The summed E-state index contributed by atoms with van der Waals surface area (Å²) in [6.07, 6.45) is 1.53. The van der Waals surface area contributed by atoms with E-state index in [0.29, 0.717) is 22.7 Å². The first-order valence-electron chi connectivity index (χ1n) is 7.89. The van der Waals surface area contributed by atoms with E-state index in [4.69, 9.17) is 21.9 Å². The number of nitrogens with zero attached hydrogens (tertiary/aromatic N) is 1. The molecule has 2 aromatic carbocycles. The van der Waals surface area contributed by atoms with Crippen molar-refractivity contribution >= 4 is 23.4 Å². The molecule has 6 nitrogen and oxygen atoms in total. The van der Waals surface area contributed by atoms with Gasteiger partial charge in [-0.2, -0.15) is 0 Å². The first-order chi connectivity index (χ1) is 12.5. The van der Waals surface area contributed by atoms with Crippen LogP contribution >= 0.6 is 11.6 Å². The van der Waals surface area contributed by atoms with Crippen LogP contribution in [0.5, 0.6) is 0 Å². The van der Waals surface area contributed by atoms with E-state index in [1.165, 1.54) is 6.26 Å². The molecule has 0 saturated carbocycles. The molecular weight excluding hydrogens is 354 g/mol. The standard InChI is InChI=1S/C19H16ClN3O3/c20-14-8-6-13(7-9-14)17-15(11-26-23-17)19(25)22-16(18(21)24)10-12-4-2-1-3-5-12/h1-9,11,16H,10H2,(H2,21,24)(H,22,25)/t16-/m0/s1. The van der Waals surface area contributed by atoms with Crippen LogP contribution in [-0.4, -0.2) is 23.0 Å². The number of nitrogens with one attached hydrogen (secondary N) is 1. The highest BCUT2D eigenvalue weighted by Gasteiger charge is 2.23. The molecule has 0 aliphatic rings. The summed E-state index contributed by atoms with van der Waals surface area (Å²) in [5.74, 6) is -1.11. The SMILES string of the molecule is NC(=O)[C@H](Cc1ccccc1)NC(=O)c1conc1-c1ccc(Cl)cc1. The van der Waals surface area contributed by atoms with Crippen molar-refractivity contribution in [3.63, 3.8) is 0 Å². The Balaban J connectivity index is 1.79. The van der Waals surface area contributed by atoms with Crippen molar-refractivity contribution in [1.29, 1.82) is 0 Å². The van der Waals surface area contributed by atoms with E-state index in [2.05, 4.69) is 10.5 Å². The van der Waals surface area contributed by atoms with Crippen molar-refractivity contribution in [2.24, 2.45) is 5.73 Å². The molecule has 1 atom stereocenters. The summed E-state index contributed by atoms with van der Waals surface area (Å²) >= 11 is 5.88. The molecule has 2 amide bonds. The molecular formula is C19H16ClN3O3. The van der Waals surface area contributed by atoms with Crippen molar-refractivity contribution in [2.45, 2.75) is 12.5 Å². The molecule has 1 heterocycles. The molecule has 3 N–H and O–H groups in total. The maximum Gasteiger partial charge on any atom is 0.257 e. The number of benzene rings is 2. The van der Waals surface area contributed by atoms with Crippen LogP contribution in [0.4, 0.5) is 0 Å². The number of amides is 2. The highest BCUT2D eigenvalue weighted by Crippen LogP contribution is 2.24.